The van der Waals surface area contributed by atoms with Crippen LogP contribution in [0.5, 0.6) is 0 Å². The fraction of sp³-hybridized carbons (Fsp3) is 0.700. The number of carbonyl (C=O) groups is 1. The average molecular weight is 152 g/mol. The summed E-state index contributed by atoms with van der Waals surface area (Å²) < 4.78 is 0. The van der Waals surface area contributed by atoms with Crippen LogP contribution in [-0.4, -0.2) is 5.78 Å². The second kappa shape index (κ2) is 3.21. The number of carbonyl (C=O) groups excluding carboxylic acids is 1. The third kappa shape index (κ3) is 1.92. The molecule has 0 aromatic rings. The van der Waals surface area contributed by atoms with Crippen LogP contribution < -0.4 is 0 Å². The molecule has 0 heterocycles. The van der Waals surface area contributed by atoms with Gasteiger partial charge in [-0.1, -0.05) is 25.5 Å². The number of ketones is 1. The fourth-order valence-corrected chi connectivity index (χ4v) is 1.60. The van der Waals surface area contributed by atoms with Gasteiger partial charge in [-0.15, -0.1) is 0 Å². The standard InChI is InChI=1S/C10H16O/c1-4-5-7(2)9-6-10(9)8(3)11/h9-10H,2,4-6H2,1,3H3. The summed E-state index contributed by atoms with van der Waals surface area (Å²) in [6.45, 7) is 7.82. The highest BCUT2D eigenvalue weighted by Gasteiger charge is 2.41. The maximum Gasteiger partial charge on any atom is 0.133 e. The molecule has 1 nitrogen and oxygen atoms in total. The Labute approximate surface area is 68.5 Å². The Morgan fingerprint density at radius 3 is 2.55 bits per heavy atom. The summed E-state index contributed by atoms with van der Waals surface area (Å²) >= 11 is 0. The molecule has 0 aromatic carbocycles. The molecule has 1 aliphatic carbocycles. The van der Waals surface area contributed by atoms with Gasteiger partial charge in [-0.3, -0.25) is 4.79 Å². The lowest BCUT2D eigenvalue weighted by molar-refractivity contribution is -0.118. The van der Waals surface area contributed by atoms with Crippen molar-refractivity contribution in [1.29, 1.82) is 0 Å². The van der Waals surface area contributed by atoms with Crippen molar-refractivity contribution < 1.29 is 4.79 Å². The molecule has 1 heteroatoms. The van der Waals surface area contributed by atoms with E-state index in [1.807, 2.05) is 0 Å². The van der Waals surface area contributed by atoms with Crippen LogP contribution in [0.15, 0.2) is 12.2 Å². The highest BCUT2D eigenvalue weighted by Crippen LogP contribution is 2.45. The smallest absolute Gasteiger partial charge is 0.133 e. The lowest BCUT2D eigenvalue weighted by atomic mass is 10.1. The lowest BCUT2D eigenvalue weighted by Crippen LogP contribution is -1.96. The summed E-state index contributed by atoms with van der Waals surface area (Å²) in [6.07, 6.45) is 3.31. The molecule has 0 N–H and O–H groups in total. The van der Waals surface area contributed by atoms with Crippen LogP contribution in [0.3, 0.4) is 0 Å². The molecule has 11 heavy (non-hydrogen) atoms. The van der Waals surface area contributed by atoms with Crippen molar-refractivity contribution in [2.24, 2.45) is 11.8 Å². The van der Waals surface area contributed by atoms with Crippen LogP contribution in [0, 0.1) is 11.8 Å². The van der Waals surface area contributed by atoms with E-state index >= 15 is 0 Å². The van der Waals surface area contributed by atoms with Gasteiger partial charge < -0.3 is 0 Å². The van der Waals surface area contributed by atoms with Crippen LogP contribution in [0.2, 0.25) is 0 Å². The van der Waals surface area contributed by atoms with Crippen molar-refractivity contribution in [2.45, 2.75) is 33.1 Å². The molecule has 0 radical (unpaired) electrons. The predicted octanol–water partition coefficient (Wildman–Crippen LogP) is 2.57. The predicted molar refractivity (Wildman–Crippen MR) is 46.3 cm³/mol. The minimum atomic E-state index is 0.328. The molecule has 2 unspecified atom stereocenters. The summed E-state index contributed by atoms with van der Waals surface area (Å²) in [4.78, 5) is 10.9. The molecule has 0 spiro atoms. The first-order valence-corrected chi connectivity index (χ1v) is 4.35. The maximum absolute atomic E-state index is 10.9. The second-order valence-corrected chi connectivity index (χ2v) is 3.47. The van der Waals surface area contributed by atoms with Gasteiger partial charge in [0.15, 0.2) is 0 Å². The summed E-state index contributed by atoms with van der Waals surface area (Å²) in [6, 6.07) is 0. The second-order valence-electron chi connectivity index (χ2n) is 3.47. The number of hydrogen-bond donors (Lipinski definition) is 0. The maximum atomic E-state index is 10.9. The normalized spacial score (nSPS) is 28.2. The number of hydrogen-bond acceptors (Lipinski definition) is 1. The molecule has 0 aliphatic heterocycles. The largest absolute Gasteiger partial charge is 0.300 e. The van der Waals surface area contributed by atoms with Gasteiger partial charge in [-0.2, -0.15) is 0 Å². The molecule has 0 bridgehead atoms. The number of Topliss-reactive ketones (excluding diaryl/α,β-unsaturated/α-hetero) is 1. The van der Waals surface area contributed by atoms with E-state index in [1.54, 1.807) is 6.92 Å². The zero-order valence-corrected chi connectivity index (χ0v) is 7.39. The first-order valence-electron chi connectivity index (χ1n) is 4.35. The molecule has 1 fully saturated rings. The van der Waals surface area contributed by atoms with Crippen molar-refractivity contribution in [2.75, 3.05) is 0 Å². The summed E-state index contributed by atoms with van der Waals surface area (Å²) in [5, 5.41) is 0. The summed E-state index contributed by atoms with van der Waals surface area (Å²) in [5.74, 6) is 1.20. The lowest BCUT2D eigenvalue weighted by Gasteiger charge is -1.99. The minimum absolute atomic E-state index is 0.328. The van der Waals surface area contributed by atoms with Crippen LogP contribution in [0.25, 0.3) is 0 Å². The topological polar surface area (TPSA) is 17.1 Å². The molecule has 62 valence electrons. The first-order chi connectivity index (χ1) is 5.16. The van der Waals surface area contributed by atoms with Gasteiger partial charge in [0.1, 0.15) is 5.78 Å². The first kappa shape index (κ1) is 8.51. The Bertz CT molecular complexity index is 181. The van der Waals surface area contributed by atoms with Gasteiger partial charge in [-0.05, 0) is 25.7 Å². The van der Waals surface area contributed by atoms with Crippen molar-refractivity contribution >= 4 is 5.78 Å². The quantitative estimate of drug-likeness (QED) is 0.566. The zero-order valence-electron chi connectivity index (χ0n) is 7.39. The highest BCUT2D eigenvalue weighted by molar-refractivity contribution is 5.81. The number of rotatable bonds is 4. The summed E-state index contributed by atoms with van der Waals surface area (Å²) in [5.41, 5.74) is 1.28. The third-order valence-electron chi connectivity index (χ3n) is 2.41. The van der Waals surface area contributed by atoms with Crippen LogP contribution in [0.1, 0.15) is 33.1 Å². The number of allylic oxidation sites excluding steroid dienone is 1. The van der Waals surface area contributed by atoms with Gasteiger partial charge in [-0.25, -0.2) is 0 Å². The average Bonchev–Trinajstić information content (AvgIpc) is 2.65. The van der Waals surface area contributed by atoms with Crippen LogP contribution in [-0.2, 0) is 4.79 Å². The Morgan fingerprint density at radius 1 is 1.55 bits per heavy atom. The Kier molecular flexibility index (Phi) is 2.48. The van der Waals surface area contributed by atoms with Crippen molar-refractivity contribution in [1.82, 2.24) is 0 Å². The van der Waals surface area contributed by atoms with Gasteiger partial charge in [0, 0.05) is 5.92 Å². The van der Waals surface area contributed by atoms with Crippen molar-refractivity contribution in [3.8, 4) is 0 Å². The molecule has 0 aromatic heterocycles. The van der Waals surface area contributed by atoms with Crippen LogP contribution >= 0.6 is 0 Å². The van der Waals surface area contributed by atoms with E-state index in [0.29, 0.717) is 17.6 Å². The zero-order chi connectivity index (χ0) is 8.43. The minimum Gasteiger partial charge on any atom is -0.300 e. The van der Waals surface area contributed by atoms with E-state index in [0.717, 1.165) is 19.3 Å². The Morgan fingerprint density at radius 2 is 2.18 bits per heavy atom. The van der Waals surface area contributed by atoms with E-state index < -0.39 is 0 Å². The molecule has 1 aliphatic rings. The van der Waals surface area contributed by atoms with E-state index in [-0.39, 0.29) is 0 Å². The monoisotopic (exact) mass is 152 g/mol. The van der Waals surface area contributed by atoms with Gasteiger partial charge in [0.2, 0.25) is 0 Å². The van der Waals surface area contributed by atoms with E-state index in [9.17, 15) is 4.79 Å². The van der Waals surface area contributed by atoms with E-state index in [1.165, 1.54) is 5.57 Å². The van der Waals surface area contributed by atoms with Crippen molar-refractivity contribution in [3.05, 3.63) is 12.2 Å². The summed E-state index contributed by atoms with van der Waals surface area (Å²) in [7, 11) is 0. The molecule has 1 saturated carbocycles. The van der Waals surface area contributed by atoms with Crippen molar-refractivity contribution in [3.63, 3.8) is 0 Å². The molecule has 2 atom stereocenters. The molecule has 1 rings (SSSR count). The third-order valence-corrected chi connectivity index (χ3v) is 2.41. The van der Waals surface area contributed by atoms with Gasteiger partial charge in [0.25, 0.3) is 0 Å². The van der Waals surface area contributed by atoms with Gasteiger partial charge in [0.05, 0.1) is 0 Å². The van der Waals surface area contributed by atoms with E-state index in [2.05, 4.69) is 13.5 Å². The molecular weight excluding hydrogens is 136 g/mol. The highest BCUT2D eigenvalue weighted by atomic mass is 16.1. The Hall–Kier alpha value is -0.590. The molecule has 0 amide bonds. The van der Waals surface area contributed by atoms with E-state index in [4.69, 9.17) is 0 Å². The SMILES string of the molecule is C=C(CCC)C1CC1C(C)=O. The molecule has 0 saturated heterocycles. The fourth-order valence-electron chi connectivity index (χ4n) is 1.60. The van der Waals surface area contributed by atoms with Gasteiger partial charge >= 0.3 is 0 Å². The van der Waals surface area contributed by atoms with Crippen LogP contribution in [0.4, 0.5) is 0 Å². The molecular formula is C10H16O. The Balaban J connectivity index is 2.32.